The van der Waals surface area contributed by atoms with Gasteiger partial charge in [0.25, 0.3) is 0 Å². The first-order valence-electron chi connectivity index (χ1n) is 4.93. The van der Waals surface area contributed by atoms with Crippen LogP contribution in [-0.2, 0) is 6.54 Å². The maximum atomic E-state index is 3.31. The molecular formula is C11H20N2S. The van der Waals surface area contributed by atoms with Crippen LogP contribution >= 0.6 is 11.3 Å². The van der Waals surface area contributed by atoms with Crippen LogP contribution in [0.15, 0.2) is 17.5 Å². The summed E-state index contributed by atoms with van der Waals surface area (Å²) in [7, 11) is 4.18. The Morgan fingerprint density at radius 1 is 1.50 bits per heavy atom. The van der Waals surface area contributed by atoms with Gasteiger partial charge in [-0.15, -0.1) is 11.3 Å². The molecule has 0 aliphatic rings. The van der Waals surface area contributed by atoms with Gasteiger partial charge in [-0.25, -0.2) is 0 Å². The van der Waals surface area contributed by atoms with Crippen LogP contribution in [-0.4, -0.2) is 31.1 Å². The van der Waals surface area contributed by atoms with Gasteiger partial charge in [0.15, 0.2) is 0 Å². The predicted molar refractivity (Wildman–Crippen MR) is 63.8 cm³/mol. The molecule has 1 heterocycles. The van der Waals surface area contributed by atoms with E-state index in [0.717, 1.165) is 13.1 Å². The van der Waals surface area contributed by atoms with Crippen LogP contribution in [0.25, 0.3) is 0 Å². The van der Waals surface area contributed by atoms with Gasteiger partial charge in [-0.05, 0) is 39.4 Å². The molecule has 0 bridgehead atoms. The van der Waals surface area contributed by atoms with Crippen molar-refractivity contribution in [3.63, 3.8) is 0 Å². The molecule has 1 N–H and O–H groups in total. The van der Waals surface area contributed by atoms with Crippen LogP contribution in [0.2, 0.25) is 0 Å². The van der Waals surface area contributed by atoms with Crippen molar-refractivity contribution in [3.05, 3.63) is 22.4 Å². The highest BCUT2D eigenvalue weighted by atomic mass is 32.1. The summed E-state index contributed by atoms with van der Waals surface area (Å²) in [4.78, 5) is 3.78. The fourth-order valence-corrected chi connectivity index (χ4v) is 2.26. The number of rotatable bonds is 5. The summed E-state index contributed by atoms with van der Waals surface area (Å²) in [5, 5.41) is 5.44. The molecule has 1 aromatic heterocycles. The molecule has 0 amide bonds. The second-order valence-electron chi connectivity index (χ2n) is 4.39. The van der Waals surface area contributed by atoms with Gasteiger partial charge >= 0.3 is 0 Å². The third kappa shape index (κ3) is 3.78. The molecule has 0 atom stereocenters. The zero-order valence-electron chi connectivity index (χ0n) is 9.50. The second kappa shape index (κ2) is 4.91. The molecular weight excluding hydrogens is 192 g/mol. The van der Waals surface area contributed by atoms with E-state index < -0.39 is 0 Å². The largest absolute Gasteiger partial charge is 0.314 e. The van der Waals surface area contributed by atoms with E-state index in [4.69, 9.17) is 0 Å². The molecule has 1 aromatic rings. The van der Waals surface area contributed by atoms with Crippen LogP contribution in [0, 0.1) is 0 Å². The molecule has 0 spiro atoms. The van der Waals surface area contributed by atoms with Crippen molar-refractivity contribution in [3.8, 4) is 0 Å². The number of likely N-dealkylation sites (N-methyl/N-ethyl adjacent to an activating group) is 2. The molecule has 0 aliphatic heterocycles. The highest BCUT2D eigenvalue weighted by molar-refractivity contribution is 7.09. The molecule has 0 aromatic carbocycles. The molecule has 3 heteroatoms. The molecule has 0 aliphatic carbocycles. The predicted octanol–water partition coefficient (Wildman–Crippen LogP) is 2.18. The molecule has 2 nitrogen and oxygen atoms in total. The summed E-state index contributed by atoms with van der Waals surface area (Å²) in [5.74, 6) is 0. The van der Waals surface area contributed by atoms with E-state index in [9.17, 15) is 0 Å². The summed E-state index contributed by atoms with van der Waals surface area (Å²) in [6.07, 6.45) is 0. The molecule has 14 heavy (non-hydrogen) atoms. The molecule has 0 unspecified atom stereocenters. The monoisotopic (exact) mass is 212 g/mol. The molecule has 0 fully saturated rings. The molecule has 80 valence electrons. The van der Waals surface area contributed by atoms with Crippen molar-refractivity contribution >= 4 is 11.3 Å². The zero-order chi connectivity index (χ0) is 10.6. The minimum absolute atomic E-state index is 0.187. The van der Waals surface area contributed by atoms with Crippen LogP contribution < -0.4 is 5.32 Å². The van der Waals surface area contributed by atoms with E-state index >= 15 is 0 Å². The third-order valence-corrected chi connectivity index (χ3v) is 3.21. The first-order chi connectivity index (χ1) is 6.53. The van der Waals surface area contributed by atoms with Gasteiger partial charge in [-0.2, -0.15) is 0 Å². The molecule has 0 radical (unpaired) electrons. The third-order valence-electron chi connectivity index (χ3n) is 2.35. The standard InChI is InChI=1S/C11H20N2S/c1-11(2,12-3)9-13(4)8-10-6-5-7-14-10/h5-7,12H,8-9H2,1-4H3. The second-order valence-corrected chi connectivity index (χ2v) is 5.42. The van der Waals surface area contributed by atoms with Crippen molar-refractivity contribution < 1.29 is 0 Å². The number of hydrogen-bond donors (Lipinski definition) is 1. The fourth-order valence-electron chi connectivity index (χ4n) is 1.48. The smallest absolute Gasteiger partial charge is 0.0325 e. The van der Waals surface area contributed by atoms with E-state index in [0.29, 0.717) is 0 Å². The molecule has 1 rings (SSSR count). The Morgan fingerprint density at radius 2 is 2.21 bits per heavy atom. The minimum Gasteiger partial charge on any atom is -0.314 e. The summed E-state index contributed by atoms with van der Waals surface area (Å²) in [6.45, 7) is 6.54. The van der Waals surface area contributed by atoms with Crippen LogP contribution in [0.4, 0.5) is 0 Å². The average molecular weight is 212 g/mol. The lowest BCUT2D eigenvalue weighted by molar-refractivity contribution is 0.240. The SMILES string of the molecule is CNC(C)(C)CN(C)Cc1cccs1. The van der Waals surface area contributed by atoms with Crippen LogP contribution in [0.1, 0.15) is 18.7 Å². The maximum absolute atomic E-state index is 3.31. The van der Waals surface area contributed by atoms with Gasteiger partial charge in [0.05, 0.1) is 0 Å². The molecule has 0 saturated carbocycles. The number of hydrogen-bond acceptors (Lipinski definition) is 3. The van der Waals surface area contributed by atoms with E-state index in [1.807, 2.05) is 18.4 Å². The summed E-state index contributed by atoms with van der Waals surface area (Å²) >= 11 is 1.82. The van der Waals surface area contributed by atoms with Gasteiger partial charge in [0, 0.05) is 23.5 Å². The Morgan fingerprint density at radius 3 is 2.71 bits per heavy atom. The normalized spacial score (nSPS) is 12.4. The summed E-state index contributed by atoms with van der Waals surface area (Å²) < 4.78 is 0. The van der Waals surface area contributed by atoms with E-state index in [-0.39, 0.29) is 5.54 Å². The Hall–Kier alpha value is -0.380. The lowest BCUT2D eigenvalue weighted by atomic mass is 10.1. The number of nitrogens with one attached hydrogen (secondary N) is 1. The first kappa shape index (κ1) is 11.7. The number of thiophene rings is 1. The summed E-state index contributed by atoms with van der Waals surface area (Å²) in [6, 6.07) is 4.30. The van der Waals surface area contributed by atoms with Gasteiger partial charge in [-0.3, -0.25) is 4.90 Å². The van der Waals surface area contributed by atoms with Crippen molar-refractivity contribution in [2.45, 2.75) is 25.9 Å². The average Bonchev–Trinajstić information content (AvgIpc) is 2.55. The maximum Gasteiger partial charge on any atom is 0.0325 e. The van der Waals surface area contributed by atoms with Gasteiger partial charge in [0.1, 0.15) is 0 Å². The highest BCUT2D eigenvalue weighted by Crippen LogP contribution is 2.12. The Kier molecular flexibility index (Phi) is 4.11. The number of nitrogens with zero attached hydrogens (tertiary/aromatic N) is 1. The van der Waals surface area contributed by atoms with Gasteiger partial charge in [-0.1, -0.05) is 6.07 Å². The minimum atomic E-state index is 0.187. The lowest BCUT2D eigenvalue weighted by Crippen LogP contribution is -2.45. The molecule has 0 saturated heterocycles. The van der Waals surface area contributed by atoms with Gasteiger partial charge < -0.3 is 5.32 Å². The van der Waals surface area contributed by atoms with E-state index in [1.165, 1.54) is 4.88 Å². The van der Waals surface area contributed by atoms with Crippen molar-refractivity contribution in [2.75, 3.05) is 20.6 Å². The van der Waals surface area contributed by atoms with E-state index in [2.05, 4.69) is 48.6 Å². The van der Waals surface area contributed by atoms with Crippen LogP contribution in [0.3, 0.4) is 0 Å². The van der Waals surface area contributed by atoms with Crippen molar-refractivity contribution in [1.82, 2.24) is 10.2 Å². The Labute approximate surface area is 90.9 Å². The fraction of sp³-hybridized carbons (Fsp3) is 0.636. The Bertz CT molecular complexity index is 254. The van der Waals surface area contributed by atoms with Gasteiger partial charge in [0.2, 0.25) is 0 Å². The van der Waals surface area contributed by atoms with E-state index in [1.54, 1.807) is 0 Å². The van der Waals surface area contributed by atoms with Crippen LogP contribution in [0.5, 0.6) is 0 Å². The highest BCUT2D eigenvalue weighted by Gasteiger charge is 2.17. The lowest BCUT2D eigenvalue weighted by Gasteiger charge is -2.29. The Balaban J connectivity index is 2.40. The summed E-state index contributed by atoms with van der Waals surface area (Å²) in [5.41, 5.74) is 0.187. The first-order valence-corrected chi connectivity index (χ1v) is 5.81. The topological polar surface area (TPSA) is 15.3 Å². The van der Waals surface area contributed by atoms with Crippen molar-refractivity contribution in [1.29, 1.82) is 0 Å². The van der Waals surface area contributed by atoms with Crippen molar-refractivity contribution in [2.24, 2.45) is 0 Å². The quantitative estimate of drug-likeness (QED) is 0.805. The zero-order valence-corrected chi connectivity index (χ0v) is 10.3.